The maximum absolute atomic E-state index is 5.50. The van der Waals surface area contributed by atoms with Gasteiger partial charge in [-0.2, -0.15) is 0 Å². The predicted molar refractivity (Wildman–Crippen MR) is 54.4 cm³/mol. The second kappa shape index (κ2) is 9.51. The van der Waals surface area contributed by atoms with Crippen molar-refractivity contribution in [3.8, 4) is 0 Å². The number of nitrogens with zero attached hydrogens (tertiary/aromatic N) is 1. The Kier molecular flexibility index (Phi) is 14.0. The summed E-state index contributed by atoms with van der Waals surface area (Å²) in [6, 6.07) is 7.92. The zero-order chi connectivity index (χ0) is 6.97. The molecule has 0 aliphatic rings. The summed E-state index contributed by atoms with van der Waals surface area (Å²) < 4.78 is 1.15. The van der Waals surface area contributed by atoms with Crippen molar-refractivity contribution < 1.29 is 61.6 Å². The summed E-state index contributed by atoms with van der Waals surface area (Å²) in [7, 11) is 0. The van der Waals surface area contributed by atoms with Gasteiger partial charge >= 0.3 is 27.7 Å². The molecule has 1 heterocycles. The average Bonchev–Trinajstić information content (AvgIpc) is 2.27. The number of benzene rings is 1. The number of nitrogen functional groups attached to an aromatic ring is 1. The van der Waals surface area contributed by atoms with Crippen molar-refractivity contribution >= 4 is 43.7 Å². The van der Waals surface area contributed by atoms with Crippen LogP contribution in [0.3, 0.4) is 0 Å². The quantitative estimate of drug-likeness (QED) is 0.323. The van der Waals surface area contributed by atoms with Gasteiger partial charge in [-0.3, -0.25) is 0 Å². The molecule has 0 bridgehead atoms. The fraction of sp³-hybridized carbons (Fsp3) is 0. The van der Waals surface area contributed by atoms with Gasteiger partial charge in [-0.15, -0.1) is 17.0 Å². The van der Waals surface area contributed by atoms with Gasteiger partial charge in [0.25, 0.3) is 0 Å². The first-order chi connectivity index (χ1) is 4.86. The van der Waals surface area contributed by atoms with Crippen LogP contribution in [-0.2, 0) is 27.7 Å². The molecular weight excluding hydrogens is 584 g/mol. The molecule has 0 fully saturated rings. The Balaban J connectivity index is -0.000000302. The van der Waals surface area contributed by atoms with E-state index in [1.165, 1.54) is 11.3 Å². The Labute approximate surface area is 138 Å². The van der Waals surface area contributed by atoms with E-state index in [0.29, 0.717) is 5.13 Å². The summed E-state index contributed by atoms with van der Waals surface area (Å²) in [5.41, 5.74) is 6.49. The molecule has 14 heavy (non-hydrogen) atoms. The molecule has 2 rings (SSSR count). The van der Waals surface area contributed by atoms with Gasteiger partial charge < -0.3 is 39.7 Å². The van der Waals surface area contributed by atoms with Gasteiger partial charge in [0.05, 0.1) is 10.2 Å². The molecule has 0 radical (unpaired) electrons. The van der Waals surface area contributed by atoms with Crippen LogP contribution in [0, 0.1) is 0 Å². The second-order valence-corrected chi connectivity index (χ2v) is 3.08. The number of fused-ring (bicyclic) bond motifs is 1. The molecule has 0 saturated carbocycles. The minimum Gasteiger partial charge on any atom is -1.00 e. The number of hydrogen-bond donors (Lipinski definition) is 1. The maximum atomic E-state index is 5.50. The standard InChI is InChI=1S/C7H6N2S.3BrH.Hg/c8-7-9-5-3-1-2-4-6(5)10-7;;;;/h1-4H,(H2,8,9);3*1H;/q;;;;+2/p-2. The molecule has 2 nitrogen and oxygen atoms in total. The minimum absolute atomic E-state index is 0. The van der Waals surface area contributed by atoms with Gasteiger partial charge in [0.1, 0.15) is 0 Å². The first kappa shape index (κ1) is 20.7. The van der Waals surface area contributed by atoms with Crippen molar-refractivity contribution in [3.63, 3.8) is 0 Å². The molecule has 1 aromatic carbocycles. The number of halogens is 3. The summed E-state index contributed by atoms with van der Waals surface area (Å²) >= 11 is 1.52. The molecule has 74 valence electrons. The van der Waals surface area contributed by atoms with Crippen LogP contribution in [0.4, 0.5) is 5.13 Å². The number of nitrogens with two attached hydrogens (primary N) is 1. The fourth-order valence-electron chi connectivity index (χ4n) is 0.890. The van der Waals surface area contributed by atoms with Crippen LogP contribution in [-0.4, -0.2) is 4.98 Å². The van der Waals surface area contributed by atoms with Crippen LogP contribution in [0.5, 0.6) is 0 Å². The number of anilines is 1. The van der Waals surface area contributed by atoms with Crippen LogP contribution in [0.15, 0.2) is 24.3 Å². The topological polar surface area (TPSA) is 38.9 Å². The van der Waals surface area contributed by atoms with E-state index in [1.807, 2.05) is 24.3 Å². The molecule has 0 aliphatic heterocycles. The number of para-hydroxylation sites is 1. The molecule has 7 heteroatoms. The van der Waals surface area contributed by atoms with Gasteiger partial charge in [-0.25, -0.2) is 4.98 Å². The van der Waals surface area contributed by atoms with E-state index >= 15 is 0 Å². The summed E-state index contributed by atoms with van der Waals surface area (Å²) in [6.07, 6.45) is 0. The van der Waals surface area contributed by atoms with Crippen molar-refractivity contribution in [1.29, 1.82) is 0 Å². The van der Waals surface area contributed by atoms with E-state index < -0.39 is 0 Å². The fourth-order valence-corrected chi connectivity index (χ4v) is 1.62. The second-order valence-electron chi connectivity index (χ2n) is 2.02. The van der Waals surface area contributed by atoms with E-state index in [1.54, 1.807) is 0 Å². The molecule has 0 amide bonds. The molecule has 0 aliphatic carbocycles. The van der Waals surface area contributed by atoms with Gasteiger partial charge in [0, 0.05) is 0 Å². The predicted octanol–water partition coefficient (Wildman–Crippen LogP) is -3.54. The first-order valence-electron chi connectivity index (χ1n) is 2.97. The largest absolute Gasteiger partial charge is 2.00 e. The van der Waals surface area contributed by atoms with Crippen LogP contribution < -0.4 is 39.7 Å². The molecule has 1 aromatic heterocycles. The SMILES string of the molecule is Br.Nc1nc2ccccc2s1.[Br-].[Br-].[Hg+2]. The van der Waals surface area contributed by atoms with Crippen molar-refractivity contribution in [2.45, 2.75) is 0 Å². The van der Waals surface area contributed by atoms with E-state index in [9.17, 15) is 0 Å². The Bertz CT molecular complexity index is 335. The zero-order valence-electron chi connectivity index (χ0n) is 7.11. The summed E-state index contributed by atoms with van der Waals surface area (Å²) in [4.78, 5) is 4.11. The van der Waals surface area contributed by atoms with Crippen molar-refractivity contribution in [1.82, 2.24) is 4.98 Å². The molecular formula is C7H7Br3HgN2S. The molecule has 2 aromatic rings. The summed E-state index contributed by atoms with van der Waals surface area (Å²) in [6.45, 7) is 0. The third kappa shape index (κ3) is 4.87. The average molecular weight is 592 g/mol. The monoisotopic (exact) mass is 590 g/mol. The Hall–Kier alpha value is 1.29. The van der Waals surface area contributed by atoms with Gasteiger partial charge in [-0.05, 0) is 12.1 Å². The normalized spacial score (nSPS) is 7.43. The molecule has 0 saturated heterocycles. The van der Waals surface area contributed by atoms with Crippen LogP contribution >= 0.6 is 28.3 Å². The van der Waals surface area contributed by atoms with Crippen LogP contribution in [0.2, 0.25) is 0 Å². The molecule has 0 spiro atoms. The molecule has 0 atom stereocenters. The number of rotatable bonds is 0. The van der Waals surface area contributed by atoms with Gasteiger partial charge in [0.2, 0.25) is 0 Å². The number of thiazole rings is 1. The van der Waals surface area contributed by atoms with Gasteiger partial charge in [0.15, 0.2) is 5.13 Å². The Morgan fingerprint density at radius 2 is 1.71 bits per heavy atom. The molecule has 2 N–H and O–H groups in total. The molecule has 0 unspecified atom stereocenters. The van der Waals surface area contributed by atoms with Crippen LogP contribution in [0.25, 0.3) is 10.2 Å². The first-order valence-corrected chi connectivity index (χ1v) is 3.79. The third-order valence-electron chi connectivity index (χ3n) is 1.31. The smallest absolute Gasteiger partial charge is 1.00 e. The van der Waals surface area contributed by atoms with E-state index in [4.69, 9.17) is 5.73 Å². The summed E-state index contributed by atoms with van der Waals surface area (Å²) in [5.74, 6) is 0. The van der Waals surface area contributed by atoms with E-state index in [0.717, 1.165) is 10.2 Å². The van der Waals surface area contributed by atoms with E-state index in [-0.39, 0.29) is 78.6 Å². The zero-order valence-corrected chi connectivity index (χ0v) is 18.3. The van der Waals surface area contributed by atoms with Crippen molar-refractivity contribution in [3.05, 3.63) is 24.3 Å². The minimum atomic E-state index is 0. The van der Waals surface area contributed by atoms with Crippen molar-refractivity contribution in [2.75, 3.05) is 5.73 Å². The Morgan fingerprint density at radius 1 is 1.14 bits per heavy atom. The number of hydrogen-bond acceptors (Lipinski definition) is 3. The third-order valence-corrected chi connectivity index (χ3v) is 2.18. The number of aromatic nitrogens is 1. The van der Waals surface area contributed by atoms with Gasteiger partial charge in [-0.1, -0.05) is 23.5 Å². The maximum Gasteiger partial charge on any atom is 2.00 e. The van der Waals surface area contributed by atoms with E-state index in [2.05, 4.69) is 4.98 Å². The van der Waals surface area contributed by atoms with Crippen LogP contribution in [0.1, 0.15) is 0 Å². The summed E-state index contributed by atoms with van der Waals surface area (Å²) in [5, 5.41) is 0.640. The Morgan fingerprint density at radius 3 is 2.29 bits per heavy atom. The van der Waals surface area contributed by atoms with Crippen molar-refractivity contribution in [2.24, 2.45) is 0 Å².